The van der Waals surface area contributed by atoms with Crippen LogP contribution in [0.25, 0.3) is 0 Å². The number of hydrogen-bond donors (Lipinski definition) is 2. The maximum Gasteiger partial charge on any atom is 0.345 e. The summed E-state index contributed by atoms with van der Waals surface area (Å²) in [6.45, 7) is 0. The number of ether oxygens (including phenoxy) is 1. The molecule has 140 valence electrons. The Bertz CT molecular complexity index is 1020. The van der Waals surface area contributed by atoms with Gasteiger partial charge in [0.2, 0.25) is 0 Å². The summed E-state index contributed by atoms with van der Waals surface area (Å²) in [6, 6.07) is 19.0. The summed E-state index contributed by atoms with van der Waals surface area (Å²) in [4.78, 5) is 24.0. The number of halogens is 1. The van der Waals surface area contributed by atoms with Crippen molar-refractivity contribution in [3.8, 4) is 11.5 Å². The lowest BCUT2D eigenvalue weighted by Crippen LogP contribution is -2.17. The molecule has 0 unspecified atom stereocenters. The standard InChI is InChI=1S/C21H15ClN2O4/c22-19-4-2-1-3-18(19)21(27)28-17-11-5-14(6-12-17)13-23-24-20(26)15-7-9-16(25)10-8-15/h1-13,25H,(H,24,26). The molecule has 0 aromatic heterocycles. The summed E-state index contributed by atoms with van der Waals surface area (Å²) in [7, 11) is 0. The number of carbonyl (C=O) groups excluding carboxylic acids is 2. The fourth-order valence-corrected chi connectivity index (χ4v) is 2.47. The second-order valence-electron chi connectivity index (χ2n) is 5.68. The van der Waals surface area contributed by atoms with Crippen molar-refractivity contribution in [2.24, 2.45) is 5.10 Å². The van der Waals surface area contributed by atoms with Crippen LogP contribution in [-0.2, 0) is 0 Å². The van der Waals surface area contributed by atoms with Gasteiger partial charge in [0.15, 0.2) is 0 Å². The number of phenols is 1. The first-order valence-electron chi connectivity index (χ1n) is 8.22. The van der Waals surface area contributed by atoms with Crippen LogP contribution < -0.4 is 10.2 Å². The smallest absolute Gasteiger partial charge is 0.345 e. The Kier molecular flexibility index (Phi) is 6.04. The number of benzene rings is 3. The largest absolute Gasteiger partial charge is 0.508 e. The summed E-state index contributed by atoms with van der Waals surface area (Å²) in [5, 5.41) is 13.4. The highest BCUT2D eigenvalue weighted by molar-refractivity contribution is 6.33. The molecule has 3 aromatic carbocycles. The molecule has 0 aliphatic rings. The number of aromatic hydroxyl groups is 1. The number of rotatable bonds is 5. The number of nitrogens with one attached hydrogen (secondary N) is 1. The minimum absolute atomic E-state index is 0.0791. The molecule has 3 rings (SSSR count). The maximum absolute atomic E-state index is 12.1. The Morgan fingerprint density at radius 3 is 2.32 bits per heavy atom. The molecule has 0 saturated carbocycles. The molecule has 0 radical (unpaired) electrons. The molecule has 0 aliphatic carbocycles. The molecular weight excluding hydrogens is 380 g/mol. The van der Waals surface area contributed by atoms with Crippen LogP contribution in [-0.4, -0.2) is 23.2 Å². The maximum atomic E-state index is 12.1. The fraction of sp³-hybridized carbons (Fsp3) is 0. The van der Waals surface area contributed by atoms with Gasteiger partial charge < -0.3 is 9.84 Å². The van der Waals surface area contributed by atoms with Gasteiger partial charge >= 0.3 is 5.97 Å². The molecule has 0 saturated heterocycles. The van der Waals surface area contributed by atoms with Crippen LogP contribution >= 0.6 is 11.6 Å². The highest BCUT2D eigenvalue weighted by atomic mass is 35.5. The van der Waals surface area contributed by atoms with E-state index in [4.69, 9.17) is 16.3 Å². The third kappa shape index (κ3) is 4.96. The second kappa shape index (κ2) is 8.83. The fourth-order valence-electron chi connectivity index (χ4n) is 2.25. The van der Waals surface area contributed by atoms with E-state index in [0.29, 0.717) is 21.9 Å². The van der Waals surface area contributed by atoms with Gasteiger partial charge in [-0.3, -0.25) is 4.79 Å². The van der Waals surface area contributed by atoms with Gasteiger partial charge in [0.05, 0.1) is 16.8 Å². The van der Waals surface area contributed by atoms with Gasteiger partial charge in [-0.2, -0.15) is 5.10 Å². The molecule has 0 aliphatic heterocycles. The molecule has 1 amide bonds. The monoisotopic (exact) mass is 394 g/mol. The van der Waals surface area contributed by atoms with Crippen molar-refractivity contribution in [2.75, 3.05) is 0 Å². The molecule has 0 bridgehead atoms. The van der Waals surface area contributed by atoms with Crippen molar-refractivity contribution >= 4 is 29.7 Å². The van der Waals surface area contributed by atoms with E-state index in [1.54, 1.807) is 48.5 Å². The molecule has 28 heavy (non-hydrogen) atoms. The van der Waals surface area contributed by atoms with Gasteiger partial charge in [0.25, 0.3) is 5.91 Å². The van der Waals surface area contributed by atoms with Crippen LogP contribution in [0.3, 0.4) is 0 Å². The van der Waals surface area contributed by atoms with E-state index in [9.17, 15) is 14.7 Å². The number of amides is 1. The highest BCUT2D eigenvalue weighted by Crippen LogP contribution is 2.19. The molecule has 2 N–H and O–H groups in total. The van der Waals surface area contributed by atoms with E-state index in [2.05, 4.69) is 10.5 Å². The minimum Gasteiger partial charge on any atom is -0.508 e. The van der Waals surface area contributed by atoms with E-state index in [-0.39, 0.29) is 11.3 Å². The average molecular weight is 395 g/mol. The molecule has 0 atom stereocenters. The Hall–Kier alpha value is -3.64. The Morgan fingerprint density at radius 1 is 0.964 bits per heavy atom. The van der Waals surface area contributed by atoms with Gasteiger partial charge in [0, 0.05) is 5.56 Å². The summed E-state index contributed by atoms with van der Waals surface area (Å²) < 4.78 is 5.29. The van der Waals surface area contributed by atoms with Gasteiger partial charge in [0.1, 0.15) is 11.5 Å². The first kappa shape index (κ1) is 19.1. The first-order chi connectivity index (χ1) is 13.5. The van der Waals surface area contributed by atoms with E-state index >= 15 is 0 Å². The van der Waals surface area contributed by atoms with Crippen molar-refractivity contribution in [3.05, 3.63) is 94.5 Å². The molecule has 3 aromatic rings. The topological polar surface area (TPSA) is 88.0 Å². The lowest BCUT2D eigenvalue weighted by molar-refractivity contribution is 0.0734. The molecule has 6 nitrogen and oxygen atoms in total. The highest BCUT2D eigenvalue weighted by Gasteiger charge is 2.12. The summed E-state index contributed by atoms with van der Waals surface area (Å²) in [5.41, 5.74) is 3.74. The SMILES string of the molecule is O=C(NN=Cc1ccc(OC(=O)c2ccccc2Cl)cc1)c1ccc(O)cc1. The normalized spacial score (nSPS) is 10.6. The predicted molar refractivity (Wildman–Crippen MR) is 106 cm³/mol. The van der Waals surface area contributed by atoms with Gasteiger partial charge in [-0.05, 0) is 66.2 Å². The summed E-state index contributed by atoms with van der Waals surface area (Å²) >= 11 is 5.98. The molecular formula is C21H15ClN2O4. The van der Waals surface area contributed by atoms with E-state index < -0.39 is 11.9 Å². The van der Waals surface area contributed by atoms with E-state index in [1.807, 2.05) is 0 Å². The third-order valence-electron chi connectivity index (χ3n) is 3.69. The Labute approximate surface area is 166 Å². The number of esters is 1. The lowest BCUT2D eigenvalue weighted by atomic mass is 10.2. The Balaban J connectivity index is 1.57. The van der Waals surface area contributed by atoms with Crippen molar-refractivity contribution in [3.63, 3.8) is 0 Å². The van der Waals surface area contributed by atoms with Crippen molar-refractivity contribution in [2.45, 2.75) is 0 Å². The number of hydrazone groups is 1. The molecule has 0 heterocycles. The van der Waals surface area contributed by atoms with E-state index in [0.717, 1.165) is 0 Å². The second-order valence-corrected chi connectivity index (χ2v) is 6.09. The zero-order valence-corrected chi connectivity index (χ0v) is 15.3. The lowest BCUT2D eigenvalue weighted by Gasteiger charge is -2.06. The third-order valence-corrected chi connectivity index (χ3v) is 4.02. The number of nitrogens with zero attached hydrogens (tertiary/aromatic N) is 1. The van der Waals surface area contributed by atoms with Gasteiger partial charge in [-0.15, -0.1) is 0 Å². The minimum atomic E-state index is -0.548. The number of hydrogen-bond acceptors (Lipinski definition) is 5. The molecule has 0 fully saturated rings. The quantitative estimate of drug-likeness (QED) is 0.296. The zero-order valence-electron chi connectivity index (χ0n) is 14.5. The zero-order chi connectivity index (χ0) is 19.9. The van der Waals surface area contributed by atoms with Gasteiger partial charge in [-0.1, -0.05) is 23.7 Å². The summed E-state index contributed by atoms with van der Waals surface area (Å²) in [6.07, 6.45) is 1.46. The van der Waals surface area contributed by atoms with Crippen molar-refractivity contribution < 1.29 is 19.4 Å². The van der Waals surface area contributed by atoms with Crippen molar-refractivity contribution in [1.29, 1.82) is 0 Å². The number of carbonyl (C=O) groups is 2. The van der Waals surface area contributed by atoms with E-state index in [1.165, 1.54) is 30.5 Å². The summed E-state index contributed by atoms with van der Waals surface area (Å²) in [5.74, 6) is -0.514. The van der Waals surface area contributed by atoms with Crippen LogP contribution in [0, 0.1) is 0 Å². The Morgan fingerprint density at radius 2 is 1.64 bits per heavy atom. The molecule has 0 spiro atoms. The van der Waals surface area contributed by atoms with Crippen molar-refractivity contribution in [1.82, 2.24) is 5.43 Å². The van der Waals surface area contributed by atoms with Crippen LogP contribution in [0.4, 0.5) is 0 Å². The van der Waals surface area contributed by atoms with Crippen LogP contribution in [0.1, 0.15) is 26.3 Å². The first-order valence-corrected chi connectivity index (χ1v) is 8.60. The van der Waals surface area contributed by atoms with Gasteiger partial charge in [-0.25, -0.2) is 10.2 Å². The van der Waals surface area contributed by atoms with Crippen LogP contribution in [0.15, 0.2) is 77.9 Å². The predicted octanol–water partition coefficient (Wildman–Crippen LogP) is 4.03. The van der Waals surface area contributed by atoms with Crippen LogP contribution in [0.2, 0.25) is 5.02 Å². The molecule has 7 heteroatoms. The average Bonchev–Trinajstić information content (AvgIpc) is 2.70. The number of phenolic OH excluding ortho intramolecular Hbond substituents is 1. The van der Waals surface area contributed by atoms with Crippen LogP contribution in [0.5, 0.6) is 11.5 Å².